The second-order valence-corrected chi connectivity index (χ2v) is 6.97. The van der Waals surface area contributed by atoms with Crippen LogP contribution in [0.25, 0.3) is 0 Å². The molecule has 1 unspecified atom stereocenters. The quantitative estimate of drug-likeness (QED) is 0.787. The van der Waals surface area contributed by atoms with Gasteiger partial charge in [0.2, 0.25) is 0 Å². The molecule has 0 bridgehead atoms. The number of allylic oxidation sites excluding steroid dienone is 1. The third-order valence-electron chi connectivity index (χ3n) is 2.85. The zero-order valence-corrected chi connectivity index (χ0v) is 10.2. The Kier molecular flexibility index (Phi) is 3.45. The van der Waals surface area contributed by atoms with Crippen LogP contribution >= 0.6 is 0 Å². The molecule has 0 saturated carbocycles. The topological polar surface area (TPSA) is 63.6 Å². The van der Waals surface area contributed by atoms with E-state index in [1.807, 2.05) is 0 Å². The molecular weight excluding hydrogens is 216 g/mol. The van der Waals surface area contributed by atoms with Crippen LogP contribution in [0, 0.1) is 0 Å². The molecule has 0 aromatic rings. The van der Waals surface area contributed by atoms with E-state index in [4.69, 9.17) is 4.74 Å². The summed E-state index contributed by atoms with van der Waals surface area (Å²) in [6.45, 7) is 3.56. The second-order valence-electron chi connectivity index (χ2n) is 4.38. The Morgan fingerprint density at radius 2 is 2.13 bits per heavy atom. The molecule has 1 N–H and O–H groups in total. The Morgan fingerprint density at radius 1 is 1.53 bits per heavy atom. The Labute approximate surface area is 90.9 Å². The van der Waals surface area contributed by atoms with Crippen LogP contribution in [0.15, 0.2) is 11.8 Å². The molecule has 1 heterocycles. The number of hydrogen-bond acceptors (Lipinski definition) is 4. The summed E-state index contributed by atoms with van der Waals surface area (Å²) in [6, 6.07) is 0. The Balaban J connectivity index is 2.93. The fourth-order valence-corrected chi connectivity index (χ4v) is 1.83. The van der Waals surface area contributed by atoms with Crippen LogP contribution in [-0.2, 0) is 14.6 Å². The van der Waals surface area contributed by atoms with Crippen molar-refractivity contribution in [1.29, 1.82) is 0 Å². The van der Waals surface area contributed by atoms with Crippen LogP contribution in [0.1, 0.15) is 26.7 Å². The van der Waals surface area contributed by atoms with E-state index >= 15 is 0 Å². The van der Waals surface area contributed by atoms with E-state index in [2.05, 4.69) is 0 Å². The van der Waals surface area contributed by atoms with Crippen molar-refractivity contribution < 1.29 is 18.3 Å². The predicted octanol–water partition coefficient (Wildman–Crippen LogP) is 0.865. The van der Waals surface area contributed by atoms with E-state index in [1.54, 1.807) is 6.08 Å². The first-order valence-corrected chi connectivity index (χ1v) is 6.86. The summed E-state index contributed by atoms with van der Waals surface area (Å²) < 4.78 is 27.0. The van der Waals surface area contributed by atoms with Gasteiger partial charge in [0.25, 0.3) is 0 Å². The Morgan fingerprint density at radius 3 is 2.53 bits per heavy atom. The maximum Gasteiger partial charge on any atom is 0.155 e. The fraction of sp³-hybridized carbons (Fsp3) is 0.800. The molecule has 0 aromatic carbocycles. The van der Waals surface area contributed by atoms with E-state index in [0.717, 1.165) is 19.1 Å². The number of rotatable bonds is 3. The normalized spacial score (nSPS) is 20.4. The molecule has 4 nitrogen and oxygen atoms in total. The molecule has 88 valence electrons. The number of sulfone groups is 1. The lowest BCUT2D eigenvalue weighted by atomic mass is 10.0. The molecule has 0 spiro atoms. The van der Waals surface area contributed by atoms with Crippen molar-refractivity contribution in [2.24, 2.45) is 0 Å². The Bertz CT molecular complexity index is 354. The van der Waals surface area contributed by atoms with Gasteiger partial charge in [-0.15, -0.1) is 0 Å². The minimum Gasteiger partial charge on any atom is -0.495 e. The first-order chi connectivity index (χ1) is 6.77. The predicted molar refractivity (Wildman–Crippen MR) is 58.2 cm³/mol. The lowest BCUT2D eigenvalue weighted by molar-refractivity contribution is 0.0725. The number of hydrogen-bond donors (Lipinski definition) is 1. The summed E-state index contributed by atoms with van der Waals surface area (Å²) >= 11 is 0. The van der Waals surface area contributed by atoms with Gasteiger partial charge in [0.1, 0.15) is 11.9 Å². The summed E-state index contributed by atoms with van der Waals surface area (Å²) in [6.07, 6.45) is 3.54. The van der Waals surface area contributed by atoms with Crippen molar-refractivity contribution >= 4 is 9.84 Å². The minimum absolute atomic E-state index is 0.386. The van der Waals surface area contributed by atoms with Crippen molar-refractivity contribution in [2.45, 2.75) is 37.5 Å². The molecule has 0 amide bonds. The highest BCUT2D eigenvalue weighted by Crippen LogP contribution is 2.27. The highest BCUT2D eigenvalue weighted by molar-refractivity contribution is 7.92. The maximum absolute atomic E-state index is 11.5. The lowest BCUT2D eigenvalue weighted by Gasteiger charge is -2.31. The zero-order valence-electron chi connectivity index (χ0n) is 9.36. The fourth-order valence-electron chi connectivity index (χ4n) is 1.31. The van der Waals surface area contributed by atoms with E-state index in [9.17, 15) is 13.5 Å². The van der Waals surface area contributed by atoms with Gasteiger partial charge < -0.3 is 9.84 Å². The van der Waals surface area contributed by atoms with Crippen LogP contribution < -0.4 is 0 Å². The van der Waals surface area contributed by atoms with Crippen molar-refractivity contribution in [3.8, 4) is 0 Å². The van der Waals surface area contributed by atoms with E-state index < -0.39 is 20.7 Å². The molecule has 0 aliphatic carbocycles. The molecule has 1 aliphatic heterocycles. The van der Waals surface area contributed by atoms with Crippen LogP contribution in [0.4, 0.5) is 0 Å². The van der Waals surface area contributed by atoms with Gasteiger partial charge in [-0.25, -0.2) is 8.42 Å². The summed E-state index contributed by atoms with van der Waals surface area (Å²) in [4.78, 5) is 0. The van der Waals surface area contributed by atoms with Gasteiger partial charge in [-0.05, 0) is 32.8 Å². The number of aliphatic hydroxyl groups excluding tert-OH is 1. The van der Waals surface area contributed by atoms with E-state index in [-0.39, 0.29) is 0 Å². The minimum atomic E-state index is -3.32. The third-order valence-corrected chi connectivity index (χ3v) is 4.98. The standard InChI is InChI=1S/C10H18O4S/c1-10(2,15(3,12)13)9(11)8-6-4-5-7-14-8/h6,9,11H,4-5,7H2,1-3H3. The van der Waals surface area contributed by atoms with Crippen LogP contribution in [0.3, 0.4) is 0 Å². The average Bonchev–Trinajstić information content (AvgIpc) is 2.16. The van der Waals surface area contributed by atoms with Crippen LogP contribution in [-0.4, -0.2) is 37.2 Å². The summed E-state index contributed by atoms with van der Waals surface area (Å²) in [5, 5.41) is 9.96. The zero-order chi connectivity index (χ0) is 11.7. The highest BCUT2D eigenvalue weighted by atomic mass is 32.2. The summed E-state index contributed by atoms with van der Waals surface area (Å²) in [5.41, 5.74) is 0. The molecule has 1 aliphatic rings. The highest BCUT2D eigenvalue weighted by Gasteiger charge is 2.41. The summed E-state index contributed by atoms with van der Waals surface area (Å²) in [7, 11) is -3.32. The molecule has 1 rings (SSSR count). The van der Waals surface area contributed by atoms with Gasteiger partial charge >= 0.3 is 0 Å². The molecule has 1 atom stereocenters. The largest absolute Gasteiger partial charge is 0.495 e. The molecule has 0 radical (unpaired) electrons. The third kappa shape index (κ3) is 2.52. The van der Waals surface area contributed by atoms with Crippen molar-refractivity contribution in [1.82, 2.24) is 0 Å². The van der Waals surface area contributed by atoms with Gasteiger partial charge in [0.05, 0.1) is 11.4 Å². The van der Waals surface area contributed by atoms with Crippen LogP contribution in [0.2, 0.25) is 0 Å². The maximum atomic E-state index is 11.5. The van der Waals surface area contributed by atoms with Gasteiger partial charge in [-0.1, -0.05) is 0 Å². The van der Waals surface area contributed by atoms with Gasteiger partial charge in [0, 0.05) is 6.26 Å². The SMILES string of the molecule is CC(C)(C(O)C1=CCCCO1)S(C)(=O)=O. The molecule has 0 aromatic heterocycles. The van der Waals surface area contributed by atoms with Crippen molar-refractivity contribution in [3.63, 3.8) is 0 Å². The molecule has 5 heteroatoms. The second kappa shape index (κ2) is 4.14. The average molecular weight is 234 g/mol. The number of ether oxygens (including phenoxy) is 1. The smallest absolute Gasteiger partial charge is 0.155 e. The van der Waals surface area contributed by atoms with Gasteiger partial charge in [0.15, 0.2) is 9.84 Å². The molecule has 0 saturated heterocycles. The molecular formula is C10H18O4S. The monoisotopic (exact) mass is 234 g/mol. The first kappa shape index (κ1) is 12.5. The lowest BCUT2D eigenvalue weighted by Crippen LogP contribution is -2.45. The van der Waals surface area contributed by atoms with Gasteiger partial charge in [-0.3, -0.25) is 0 Å². The molecule has 15 heavy (non-hydrogen) atoms. The van der Waals surface area contributed by atoms with Gasteiger partial charge in [-0.2, -0.15) is 0 Å². The van der Waals surface area contributed by atoms with Crippen LogP contribution in [0.5, 0.6) is 0 Å². The molecule has 0 fully saturated rings. The van der Waals surface area contributed by atoms with E-state index in [0.29, 0.717) is 12.4 Å². The van der Waals surface area contributed by atoms with Crippen molar-refractivity contribution in [2.75, 3.05) is 12.9 Å². The van der Waals surface area contributed by atoms with Crippen molar-refractivity contribution in [3.05, 3.63) is 11.8 Å². The summed E-state index contributed by atoms with van der Waals surface area (Å²) in [5.74, 6) is 0.386. The Hall–Kier alpha value is -0.550. The van der Waals surface area contributed by atoms with E-state index in [1.165, 1.54) is 13.8 Å². The first-order valence-electron chi connectivity index (χ1n) is 4.97. The number of aliphatic hydroxyl groups is 1.